The van der Waals surface area contributed by atoms with E-state index in [0.717, 1.165) is 19.4 Å². The number of carbonyl (C=O) groups is 1. The molecule has 126 valence electrons. The van der Waals surface area contributed by atoms with Gasteiger partial charge in [-0.3, -0.25) is 4.79 Å². The molecule has 0 saturated carbocycles. The average molecular weight is 414 g/mol. The Labute approximate surface area is 146 Å². The minimum atomic E-state index is -0.279. The molecule has 0 rings (SSSR count). The molecule has 0 atom stereocenters. The smallest absolute Gasteiger partial charge is 0.243 e. The number of hydrogen-bond donors (Lipinski definition) is 2. The predicted molar refractivity (Wildman–Crippen MR) is 98.4 cm³/mol. The SMILES string of the molecule is CCCCNC(=NCC(=O)N(C)C)NCC(C)(C)OC.I. The van der Waals surface area contributed by atoms with Crippen molar-refractivity contribution in [2.75, 3.05) is 40.8 Å². The van der Waals surface area contributed by atoms with E-state index in [2.05, 4.69) is 22.5 Å². The van der Waals surface area contributed by atoms with E-state index in [0.29, 0.717) is 12.5 Å². The quantitative estimate of drug-likeness (QED) is 0.273. The highest BCUT2D eigenvalue weighted by atomic mass is 127. The largest absolute Gasteiger partial charge is 0.377 e. The van der Waals surface area contributed by atoms with Crippen molar-refractivity contribution in [2.24, 2.45) is 4.99 Å². The van der Waals surface area contributed by atoms with Crippen LogP contribution < -0.4 is 10.6 Å². The molecule has 2 N–H and O–H groups in total. The van der Waals surface area contributed by atoms with E-state index in [4.69, 9.17) is 4.74 Å². The molecule has 0 fully saturated rings. The third-order valence-electron chi connectivity index (χ3n) is 2.93. The molecular weight excluding hydrogens is 383 g/mol. The Bertz CT molecular complexity index is 320. The molecule has 0 aliphatic heterocycles. The lowest BCUT2D eigenvalue weighted by atomic mass is 10.1. The summed E-state index contributed by atoms with van der Waals surface area (Å²) in [6.07, 6.45) is 2.18. The van der Waals surface area contributed by atoms with Gasteiger partial charge in [0, 0.05) is 34.3 Å². The zero-order chi connectivity index (χ0) is 15.6. The number of guanidine groups is 1. The van der Waals surface area contributed by atoms with Crippen molar-refractivity contribution in [2.45, 2.75) is 39.2 Å². The summed E-state index contributed by atoms with van der Waals surface area (Å²) < 4.78 is 5.36. The number of hydrogen-bond acceptors (Lipinski definition) is 3. The average Bonchev–Trinajstić information content (AvgIpc) is 2.40. The molecule has 7 heteroatoms. The normalized spacial score (nSPS) is 11.6. The topological polar surface area (TPSA) is 66.0 Å². The van der Waals surface area contributed by atoms with Crippen molar-refractivity contribution in [1.29, 1.82) is 0 Å². The first-order valence-corrected chi connectivity index (χ1v) is 7.10. The van der Waals surface area contributed by atoms with Crippen LogP contribution in [-0.4, -0.2) is 63.2 Å². The molecule has 0 bridgehead atoms. The predicted octanol–water partition coefficient (Wildman–Crippen LogP) is 1.45. The van der Waals surface area contributed by atoms with Gasteiger partial charge in [0.25, 0.3) is 0 Å². The summed E-state index contributed by atoms with van der Waals surface area (Å²) in [5.41, 5.74) is -0.279. The number of nitrogens with zero attached hydrogens (tertiary/aromatic N) is 2. The number of carbonyl (C=O) groups excluding carboxylic acids is 1. The van der Waals surface area contributed by atoms with Crippen molar-refractivity contribution >= 4 is 35.8 Å². The first-order chi connectivity index (χ1) is 9.32. The van der Waals surface area contributed by atoms with Gasteiger partial charge in [-0.1, -0.05) is 13.3 Å². The number of amides is 1. The second-order valence-corrected chi connectivity index (χ2v) is 5.55. The molecule has 0 aromatic heterocycles. The minimum Gasteiger partial charge on any atom is -0.377 e. The van der Waals surface area contributed by atoms with E-state index in [1.807, 2.05) is 13.8 Å². The van der Waals surface area contributed by atoms with E-state index in [-0.39, 0.29) is 42.0 Å². The summed E-state index contributed by atoms with van der Waals surface area (Å²) in [5, 5.41) is 6.43. The van der Waals surface area contributed by atoms with Gasteiger partial charge in [0.2, 0.25) is 5.91 Å². The highest BCUT2D eigenvalue weighted by Gasteiger charge is 2.16. The lowest BCUT2D eigenvalue weighted by Gasteiger charge is -2.24. The van der Waals surface area contributed by atoms with Crippen LogP contribution in [-0.2, 0) is 9.53 Å². The van der Waals surface area contributed by atoms with E-state index in [1.54, 1.807) is 21.2 Å². The number of ether oxygens (including phenoxy) is 1. The number of likely N-dealkylation sites (N-methyl/N-ethyl adjacent to an activating group) is 1. The van der Waals surface area contributed by atoms with Crippen LogP contribution in [0.25, 0.3) is 0 Å². The highest BCUT2D eigenvalue weighted by Crippen LogP contribution is 2.04. The maximum Gasteiger partial charge on any atom is 0.243 e. The number of halogens is 1. The summed E-state index contributed by atoms with van der Waals surface area (Å²) >= 11 is 0. The van der Waals surface area contributed by atoms with Crippen molar-refractivity contribution in [1.82, 2.24) is 15.5 Å². The lowest BCUT2D eigenvalue weighted by molar-refractivity contribution is -0.127. The fourth-order valence-corrected chi connectivity index (χ4v) is 1.21. The van der Waals surface area contributed by atoms with E-state index in [9.17, 15) is 4.79 Å². The maximum atomic E-state index is 11.6. The minimum absolute atomic E-state index is 0. The van der Waals surface area contributed by atoms with Gasteiger partial charge in [-0.2, -0.15) is 0 Å². The molecule has 0 radical (unpaired) electrons. The zero-order valence-corrected chi connectivity index (χ0v) is 16.5. The Morgan fingerprint density at radius 1 is 1.29 bits per heavy atom. The number of rotatable bonds is 8. The third-order valence-corrected chi connectivity index (χ3v) is 2.93. The highest BCUT2D eigenvalue weighted by molar-refractivity contribution is 14.0. The van der Waals surface area contributed by atoms with Gasteiger partial charge in [0.15, 0.2) is 5.96 Å². The molecule has 0 aliphatic rings. The molecule has 0 aromatic carbocycles. The van der Waals surface area contributed by atoms with E-state index >= 15 is 0 Å². The van der Waals surface area contributed by atoms with Crippen LogP contribution in [0.1, 0.15) is 33.6 Å². The van der Waals surface area contributed by atoms with Gasteiger partial charge in [-0.15, -0.1) is 24.0 Å². The summed E-state index contributed by atoms with van der Waals surface area (Å²) in [6.45, 7) is 7.73. The van der Waals surface area contributed by atoms with Crippen molar-refractivity contribution in [3.8, 4) is 0 Å². The van der Waals surface area contributed by atoms with E-state index in [1.165, 1.54) is 4.90 Å². The molecule has 6 nitrogen and oxygen atoms in total. The molecule has 0 aliphatic carbocycles. The first kappa shape index (κ1) is 22.7. The van der Waals surface area contributed by atoms with E-state index < -0.39 is 0 Å². The lowest BCUT2D eigenvalue weighted by Crippen LogP contribution is -2.46. The van der Waals surface area contributed by atoms with Crippen LogP contribution in [0.2, 0.25) is 0 Å². The van der Waals surface area contributed by atoms with Gasteiger partial charge in [0.1, 0.15) is 6.54 Å². The number of unbranched alkanes of at least 4 members (excludes halogenated alkanes) is 1. The summed E-state index contributed by atoms with van der Waals surface area (Å²) in [7, 11) is 5.13. The molecule has 0 spiro atoms. The van der Waals surface area contributed by atoms with Crippen molar-refractivity contribution < 1.29 is 9.53 Å². The van der Waals surface area contributed by atoms with Gasteiger partial charge in [-0.05, 0) is 20.3 Å². The van der Waals surface area contributed by atoms with Gasteiger partial charge < -0.3 is 20.3 Å². The number of methoxy groups -OCH3 is 1. The third kappa shape index (κ3) is 11.7. The monoisotopic (exact) mass is 414 g/mol. The maximum absolute atomic E-state index is 11.6. The Hall–Kier alpha value is -0.570. The van der Waals surface area contributed by atoms with Crippen LogP contribution in [0.5, 0.6) is 0 Å². The second kappa shape index (κ2) is 12.0. The van der Waals surface area contributed by atoms with Crippen LogP contribution in [0, 0.1) is 0 Å². The Morgan fingerprint density at radius 3 is 2.38 bits per heavy atom. The zero-order valence-electron chi connectivity index (χ0n) is 14.2. The van der Waals surface area contributed by atoms with Gasteiger partial charge in [-0.25, -0.2) is 4.99 Å². The Kier molecular flexibility index (Phi) is 13.0. The second-order valence-electron chi connectivity index (χ2n) is 5.55. The van der Waals surface area contributed by atoms with Gasteiger partial charge >= 0.3 is 0 Å². The van der Waals surface area contributed by atoms with Crippen LogP contribution in [0.4, 0.5) is 0 Å². The van der Waals surface area contributed by atoms with Crippen LogP contribution in [0.15, 0.2) is 4.99 Å². The molecule has 0 aromatic rings. The van der Waals surface area contributed by atoms with Gasteiger partial charge in [0.05, 0.1) is 5.60 Å². The molecule has 21 heavy (non-hydrogen) atoms. The standard InChI is InChI=1S/C14H30N4O2.HI/c1-7-8-9-15-13(16-10-12(19)18(4)5)17-11-14(2,3)20-6;/h7-11H2,1-6H3,(H2,15,16,17);1H. The fourth-order valence-electron chi connectivity index (χ4n) is 1.21. The van der Waals surface area contributed by atoms with Crippen molar-refractivity contribution in [3.63, 3.8) is 0 Å². The molecule has 0 heterocycles. The Balaban J connectivity index is 0. The molecule has 1 amide bonds. The number of nitrogens with one attached hydrogen (secondary N) is 2. The molecular formula is C14H31IN4O2. The van der Waals surface area contributed by atoms with Crippen molar-refractivity contribution in [3.05, 3.63) is 0 Å². The molecule has 0 unspecified atom stereocenters. The summed E-state index contributed by atoms with van der Waals surface area (Å²) in [5.74, 6) is 0.631. The Morgan fingerprint density at radius 2 is 1.90 bits per heavy atom. The van der Waals surface area contributed by atoms with Crippen LogP contribution in [0.3, 0.4) is 0 Å². The number of aliphatic imine (C=N–C) groups is 1. The summed E-state index contributed by atoms with van der Waals surface area (Å²) in [4.78, 5) is 17.4. The summed E-state index contributed by atoms with van der Waals surface area (Å²) in [6, 6.07) is 0. The van der Waals surface area contributed by atoms with Crippen LogP contribution >= 0.6 is 24.0 Å². The first-order valence-electron chi connectivity index (χ1n) is 7.10. The fraction of sp³-hybridized carbons (Fsp3) is 0.857. The molecule has 0 saturated heterocycles.